The number of aromatic nitrogens is 1. The maximum absolute atomic E-state index is 14.9. The Morgan fingerprint density at radius 1 is 1.32 bits per heavy atom. The van der Waals surface area contributed by atoms with Crippen LogP contribution in [0, 0.1) is 5.82 Å². The van der Waals surface area contributed by atoms with Gasteiger partial charge in [0.05, 0.1) is 5.69 Å². The van der Waals surface area contributed by atoms with Crippen LogP contribution in [-0.4, -0.2) is 42.6 Å². The second kappa shape index (κ2) is 6.94. The standard InChI is InChI=1S/C20H20FN3O4/c21-18-9-15(3-4-17(18)12-7-13-1-2-14(8-12)22-13)24-16(11-27-20(24)25)10-26-19-5-6-28-23-19/h3-7,9,13-14,16,22H,1-2,8,10-11H2/t13?,14?,16-/m1/s1. The van der Waals surface area contributed by atoms with Gasteiger partial charge in [0.2, 0.25) is 0 Å². The van der Waals surface area contributed by atoms with Gasteiger partial charge in [-0.3, -0.25) is 4.90 Å². The monoisotopic (exact) mass is 385 g/mol. The van der Waals surface area contributed by atoms with E-state index in [1.807, 2.05) is 0 Å². The van der Waals surface area contributed by atoms with E-state index in [0.29, 0.717) is 29.2 Å². The van der Waals surface area contributed by atoms with Crippen molar-refractivity contribution in [2.24, 2.45) is 0 Å². The van der Waals surface area contributed by atoms with Crippen LogP contribution in [0.3, 0.4) is 0 Å². The summed E-state index contributed by atoms with van der Waals surface area (Å²) in [4.78, 5) is 13.6. The first-order valence-corrected chi connectivity index (χ1v) is 9.43. The lowest BCUT2D eigenvalue weighted by Gasteiger charge is -2.24. The van der Waals surface area contributed by atoms with Gasteiger partial charge in [-0.1, -0.05) is 6.08 Å². The van der Waals surface area contributed by atoms with E-state index in [4.69, 9.17) is 14.0 Å². The van der Waals surface area contributed by atoms with Gasteiger partial charge in [0.1, 0.15) is 31.3 Å². The number of carbonyl (C=O) groups is 1. The van der Waals surface area contributed by atoms with Gasteiger partial charge in [0.25, 0.3) is 5.88 Å². The molecule has 146 valence electrons. The summed E-state index contributed by atoms with van der Waals surface area (Å²) in [6.45, 7) is 0.335. The first-order chi connectivity index (χ1) is 13.7. The van der Waals surface area contributed by atoms with Crippen LogP contribution in [0.2, 0.25) is 0 Å². The number of halogens is 1. The Kier molecular flexibility index (Phi) is 4.27. The van der Waals surface area contributed by atoms with Crippen LogP contribution in [0.1, 0.15) is 24.8 Å². The number of hydrogen-bond acceptors (Lipinski definition) is 6. The molecule has 1 aromatic carbocycles. The molecule has 2 bridgehead atoms. The van der Waals surface area contributed by atoms with Crippen molar-refractivity contribution in [1.29, 1.82) is 0 Å². The molecule has 2 aromatic rings. The van der Waals surface area contributed by atoms with Crippen LogP contribution in [0.5, 0.6) is 5.88 Å². The van der Waals surface area contributed by atoms with E-state index < -0.39 is 6.09 Å². The molecule has 7 nitrogen and oxygen atoms in total. The van der Waals surface area contributed by atoms with Crippen LogP contribution in [-0.2, 0) is 4.74 Å². The largest absolute Gasteiger partial charge is 0.473 e. The zero-order valence-electron chi connectivity index (χ0n) is 15.1. The molecule has 8 heteroatoms. The molecular weight excluding hydrogens is 365 g/mol. The zero-order chi connectivity index (χ0) is 19.1. The lowest BCUT2D eigenvalue weighted by Crippen LogP contribution is -2.38. The molecule has 2 unspecified atom stereocenters. The number of nitrogens with zero attached hydrogens (tertiary/aromatic N) is 2. The minimum Gasteiger partial charge on any atom is -0.473 e. The van der Waals surface area contributed by atoms with Crippen molar-refractivity contribution in [1.82, 2.24) is 10.5 Å². The fraction of sp³-hybridized carbons (Fsp3) is 0.400. The van der Waals surface area contributed by atoms with Gasteiger partial charge in [-0.05, 0) is 48.2 Å². The maximum atomic E-state index is 14.9. The van der Waals surface area contributed by atoms with Gasteiger partial charge in [-0.15, -0.1) is 0 Å². The summed E-state index contributed by atoms with van der Waals surface area (Å²) in [6, 6.07) is 6.88. The average Bonchev–Trinajstić information content (AvgIpc) is 3.41. The summed E-state index contributed by atoms with van der Waals surface area (Å²) in [6.07, 6.45) is 6.06. The second-order valence-corrected chi connectivity index (χ2v) is 7.36. The van der Waals surface area contributed by atoms with Crippen molar-refractivity contribution in [2.75, 3.05) is 18.1 Å². The third kappa shape index (κ3) is 3.13. The van der Waals surface area contributed by atoms with Crippen molar-refractivity contribution in [3.05, 3.63) is 48.0 Å². The zero-order valence-corrected chi connectivity index (χ0v) is 15.1. The summed E-state index contributed by atoms with van der Waals surface area (Å²) < 4.78 is 30.3. The second-order valence-electron chi connectivity index (χ2n) is 7.36. The highest BCUT2D eigenvalue weighted by Crippen LogP contribution is 2.35. The predicted molar refractivity (Wildman–Crippen MR) is 98.6 cm³/mol. The van der Waals surface area contributed by atoms with Gasteiger partial charge in [-0.2, -0.15) is 0 Å². The first kappa shape index (κ1) is 17.2. The highest BCUT2D eigenvalue weighted by Gasteiger charge is 2.36. The normalized spacial score (nSPS) is 26.3. The smallest absolute Gasteiger partial charge is 0.414 e. The first-order valence-electron chi connectivity index (χ1n) is 9.43. The number of fused-ring (bicyclic) bond motifs is 2. The van der Waals surface area contributed by atoms with Crippen molar-refractivity contribution < 1.29 is 23.2 Å². The molecule has 0 aliphatic carbocycles. The Morgan fingerprint density at radius 2 is 2.25 bits per heavy atom. The quantitative estimate of drug-likeness (QED) is 0.852. The van der Waals surface area contributed by atoms with Crippen LogP contribution in [0.15, 0.2) is 41.1 Å². The molecule has 1 aromatic heterocycles. The molecule has 1 N–H and O–H groups in total. The van der Waals surface area contributed by atoms with E-state index in [9.17, 15) is 9.18 Å². The van der Waals surface area contributed by atoms with Gasteiger partial charge in [0.15, 0.2) is 0 Å². The van der Waals surface area contributed by atoms with Crippen molar-refractivity contribution in [3.63, 3.8) is 0 Å². The molecule has 28 heavy (non-hydrogen) atoms. The van der Waals surface area contributed by atoms with Crippen LogP contribution in [0.4, 0.5) is 14.9 Å². The molecule has 4 heterocycles. The molecule has 0 spiro atoms. The molecule has 2 fully saturated rings. The van der Waals surface area contributed by atoms with Gasteiger partial charge < -0.3 is 19.3 Å². The van der Waals surface area contributed by atoms with Gasteiger partial charge in [-0.25, -0.2) is 9.18 Å². The fourth-order valence-corrected chi connectivity index (χ4v) is 4.19. The number of amides is 1. The average molecular weight is 385 g/mol. The molecule has 2 saturated heterocycles. The number of rotatable bonds is 5. The maximum Gasteiger partial charge on any atom is 0.414 e. The van der Waals surface area contributed by atoms with Crippen LogP contribution in [0.25, 0.3) is 5.57 Å². The highest BCUT2D eigenvalue weighted by molar-refractivity contribution is 5.90. The lowest BCUT2D eigenvalue weighted by atomic mass is 9.95. The molecular formula is C20H20FN3O4. The molecule has 1 amide bonds. The Balaban J connectivity index is 1.36. The van der Waals surface area contributed by atoms with Crippen molar-refractivity contribution in [3.8, 4) is 5.88 Å². The SMILES string of the molecule is O=C1OC[C@@H](COc2ccon2)N1c1ccc(C2=CC3CCC(C2)N3)c(F)c1. The van der Waals surface area contributed by atoms with E-state index in [1.165, 1.54) is 17.2 Å². The number of benzene rings is 1. The topological polar surface area (TPSA) is 76.8 Å². The van der Waals surface area contributed by atoms with E-state index in [2.05, 4.69) is 16.5 Å². The number of anilines is 1. The summed E-state index contributed by atoms with van der Waals surface area (Å²) in [5, 5.41) is 7.18. The molecule has 0 radical (unpaired) electrons. The Labute approximate surface area is 161 Å². The minimum absolute atomic E-state index is 0.167. The number of carbonyl (C=O) groups excluding carboxylic acids is 1. The Bertz CT molecular complexity index is 914. The number of nitrogens with one attached hydrogen (secondary N) is 1. The Morgan fingerprint density at radius 3 is 3.04 bits per heavy atom. The summed E-state index contributed by atoms with van der Waals surface area (Å²) in [7, 11) is 0. The predicted octanol–water partition coefficient (Wildman–Crippen LogP) is 3.13. The van der Waals surface area contributed by atoms with Crippen molar-refractivity contribution >= 4 is 17.4 Å². The minimum atomic E-state index is -0.514. The number of cyclic esters (lactones) is 1. The molecule has 5 rings (SSSR count). The van der Waals surface area contributed by atoms with Gasteiger partial charge >= 0.3 is 6.09 Å². The summed E-state index contributed by atoms with van der Waals surface area (Å²) in [5.74, 6) is -0.00535. The van der Waals surface area contributed by atoms with E-state index >= 15 is 0 Å². The Hall–Kier alpha value is -2.87. The van der Waals surface area contributed by atoms with Gasteiger partial charge in [0, 0.05) is 23.7 Å². The third-order valence-electron chi connectivity index (χ3n) is 5.52. The van der Waals surface area contributed by atoms with Crippen molar-refractivity contribution in [2.45, 2.75) is 37.4 Å². The molecule has 3 atom stereocenters. The summed E-state index contributed by atoms with van der Waals surface area (Å²) >= 11 is 0. The molecule has 0 saturated carbocycles. The molecule has 3 aliphatic heterocycles. The lowest BCUT2D eigenvalue weighted by molar-refractivity contribution is 0.174. The fourth-order valence-electron chi connectivity index (χ4n) is 4.19. The third-order valence-corrected chi connectivity index (χ3v) is 5.52. The van der Waals surface area contributed by atoms with E-state index in [-0.39, 0.29) is 25.1 Å². The number of hydrogen-bond donors (Lipinski definition) is 1. The molecule has 3 aliphatic rings. The highest BCUT2D eigenvalue weighted by atomic mass is 19.1. The van der Waals surface area contributed by atoms with Crippen LogP contribution < -0.4 is 15.0 Å². The van der Waals surface area contributed by atoms with E-state index in [1.54, 1.807) is 18.2 Å². The van der Waals surface area contributed by atoms with Crippen LogP contribution >= 0.6 is 0 Å². The van der Waals surface area contributed by atoms with E-state index in [0.717, 1.165) is 24.8 Å². The summed E-state index contributed by atoms with van der Waals surface area (Å²) in [5.41, 5.74) is 2.09. The number of ether oxygens (including phenoxy) is 2.